The molecule has 0 aromatic carbocycles. The van der Waals surface area contributed by atoms with Gasteiger partial charge in [0.05, 0.1) is 19.8 Å². The highest BCUT2D eigenvalue weighted by Gasteiger charge is 2.22. The SMILES string of the molecule is CC(CO)(CO)OCCCC/C=C\C/C=C\C/C=C\C/C=C\CCCCO[N+](=O)[O-]. The fraction of sp³-hybridized carbons (Fsp3) is 0.652. The van der Waals surface area contributed by atoms with Gasteiger partial charge in [-0.1, -0.05) is 48.6 Å². The van der Waals surface area contributed by atoms with Gasteiger partial charge in [-0.3, -0.25) is 0 Å². The van der Waals surface area contributed by atoms with Crippen molar-refractivity contribution in [3.8, 4) is 0 Å². The van der Waals surface area contributed by atoms with Crippen molar-refractivity contribution < 1.29 is 24.9 Å². The maximum absolute atomic E-state index is 9.97. The van der Waals surface area contributed by atoms with Crippen molar-refractivity contribution in [2.24, 2.45) is 0 Å². The standard InChI is InChI=1S/C23H39NO6/c1-23(21-25,22-26)29-19-17-15-13-11-9-7-5-3-2-4-6-8-10-12-14-16-18-20-30-24(27)28/h3-6,9-12,25-26H,2,7-8,13-22H2,1H3/b5-3-,6-4-,11-9-,12-10-. The Balaban J connectivity index is 3.49. The molecule has 172 valence electrons. The fourth-order valence-electron chi connectivity index (χ4n) is 2.38. The Kier molecular flexibility index (Phi) is 19.0. The number of aliphatic hydroxyl groups excluding tert-OH is 2. The molecule has 0 amide bonds. The Morgan fingerprint density at radius 1 is 0.767 bits per heavy atom. The van der Waals surface area contributed by atoms with Crippen LogP contribution < -0.4 is 0 Å². The molecule has 0 aliphatic carbocycles. The fourth-order valence-corrected chi connectivity index (χ4v) is 2.38. The Bertz CT molecular complexity index is 524. The molecule has 2 N–H and O–H groups in total. The Hall–Kier alpha value is -1.96. The molecule has 0 aliphatic rings. The first-order chi connectivity index (χ1) is 14.5. The average Bonchev–Trinajstić information content (AvgIpc) is 2.74. The van der Waals surface area contributed by atoms with Crippen LogP contribution in [0.3, 0.4) is 0 Å². The summed E-state index contributed by atoms with van der Waals surface area (Å²) in [5.74, 6) is 0. The molecule has 0 heterocycles. The topological polar surface area (TPSA) is 102 Å². The number of nitrogens with zero attached hydrogens (tertiary/aromatic N) is 1. The van der Waals surface area contributed by atoms with Crippen LogP contribution in [0.2, 0.25) is 0 Å². The quantitative estimate of drug-likeness (QED) is 0.127. The molecule has 0 unspecified atom stereocenters. The number of unbranched alkanes of at least 4 members (excludes halogenated alkanes) is 4. The minimum Gasteiger partial charge on any atom is -0.393 e. The monoisotopic (exact) mass is 425 g/mol. The largest absolute Gasteiger partial charge is 0.393 e. The maximum Gasteiger partial charge on any atom is 0.294 e. The van der Waals surface area contributed by atoms with Crippen molar-refractivity contribution in [3.05, 3.63) is 58.7 Å². The second-order valence-corrected chi connectivity index (χ2v) is 7.26. The van der Waals surface area contributed by atoms with Crippen molar-refractivity contribution in [2.45, 2.75) is 70.3 Å². The first-order valence-electron chi connectivity index (χ1n) is 10.8. The van der Waals surface area contributed by atoms with Gasteiger partial charge in [-0.05, 0) is 64.7 Å². The second kappa shape index (κ2) is 20.3. The van der Waals surface area contributed by atoms with E-state index in [0.717, 1.165) is 51.4 Å². The van der Waals surface area contributed by atoms with Gasteiger partial charge in [0.25, 0.3) is 5.09 Å². The lowest BCUT2D eigenvalue weighted by molar-refractivity contribution is -0.757. The third kappa shape index (κ3) is 19.4. The van der Waals surface area contributed by atoms with Crippen molar-refractivity contribution in [2.75, 3.05) is 26.4 Å². The summed E-state index contributed by atoms with van der Waals surface area (Å²) >= 11 is 0. The number of rotatable bonds is 20. The Morgan fingerprint density at radius 3 is 1.63 bits per heavy atom. The smallest absolute Gasteiger partial charge is 0.294 e. The summed E-state index contributed by atoms with van der Waals surface area (Å²) in [6, 6.07) is 0. The number of ether oxygens (including phenoxy) is 1. The summed E-state index contributed by atoms with van der Waals surface area (Å²) in [6.07, 6.45) is 25.3. The lowest BCUT2D eigenvalue weighted by atomic mass is 10.1. The molecule has 30 heavy (non-hydrogen) atoms. The molecule has 0 spiro atoms. The van der Waals surface area contributed by atoms with Crippen LogP contribution in [-0.2, 0) is 9.57 Å². The molecular formula is C23H39NO6. The van der Waals surface area contributed by atoms with Gasteiger partial charge >= 0.3 is 0 Å². The van der Waals surface area contributed by atoms with Gasteiger partial charge in [0.2, 0.25) is 0 Å². The lowest BCUT2D eigenvalue weighted by Gasteiger charge is -2.25. The van der Waals surface area contributed by atoms with Gasteiger partial charge in [0, 0.05) is 6.61 Å². The average molecular weight is 426 g/mol. The summed E-state index contributed by atoms with van der Waals surface area (Å²) in [4.78, 5) is 14.2. The van der Waals surface area contributed by atoms with E-state index < -0.39 is 10.7 Å². The van der Waals surface area contributed by atoms with E-state index in [1.165, 1.54) is 0 Å². The third-order valence-corrected chi connectivity index (χ3v) is 4.33. The van der Waals surface area contributed by atoms with E-state index in [4.69, 9.17) is 14.9 Å². The molecular weight excluding hydrogens is 386 g/mol. The molecule has 0 saturated heterocycles. The molecule has 7 heteroatoms. The molecule has 0 bridgehead atoms. The van der Waals surface area contributed by atoms with Crippen molar-refractivity contribution in [3.63, 3.8) is 0 Å². The van der Waals surface area contributed by atoms with Crippen LogP contribution in [0.1, 0.15) is 64.7 Å². The second-order valence-electron chi connectivity index (χ2n) is 7.26. The van der Waals surface area contributed by atoms with Gasteiger partial charge in [0.1, 0.15) is 5.60 Å². The van der Waals surface area contributed by atoms with Crippen molar-refractivity contribution >= 4 is 0 Å². The maximum atomic E-state index is 9.97. The minimum atomic E-state index is -0.830. The van der Waals surface area contributed by atoms with Crippen molar-refractivity contribution in [1.29, 1.82) is 0 Å². The first kappa shape index (κ1) is 28.0. The van der Waals surface area contributed by atoms with E-state index in [2.05, 4.69) is 53.4 Å². The summed E-state index contributed by atoms with van der Waals surface area (Å²) in [6.45, 7) is 2.08. The van der Waals surface area contributed by atoms with Crippen LogP contribution >= 0.6 is 0 Å². The molecule has 0 atom stereocenters. The predicted octanol–water partition coefficient (Wildman–Crippen LogP) is 4.69. The number of allylic oxidation sites excluding steroid dienone is 8. The van der Waals surface area contributed by atoms with E-state index in [1.807, 2.05) is 0 Å². The van der Waals surface area contributed by atoms with E-state index in [9.17, 15) is 10.1 Å². The van der Waals surface area contributed by atoms with Gasteiger partial charge in [-0.25, -0.2) is 0 Å². The zero-order chi connectivity index (χ0) is 22.3. The van der Waals surface area contributed by atoms with E-state index in [-0.39, 0.29) is 19.8 Å². The normalized spacial score (nSPS) is 12.8. The van der Waals surface area contributed by atoms with Gasteiger partial charge in [-0.15, -0.1) is 10.1 Å². The molecule has 0 radical (unpaired) electrons. The van der Waals surface area contributed by atoms with Crippen LogP contribution in [-0.4, -0.2) is 47.3 Å². The number of aliphatic hydroxyl groups is 2. The zero-order valence-corrected chi connectivity index (χ0v) is 18.3. The highest BCUT2D eigenvalue weighted by atomic mass is 16.9. The number of hydrogen-bond acceptors (Lipinski definition) is 6. The summed E-state index contributed by atoms with van der Waals surface area (Å²) in [5, 5.41) is 27.5. The lowest BCUT2D eigenvalue weighted by Crippen LogP contribution is -2.37. The summed E-state index contributed by atoms with van der Waals surface area (Å²) in [5.41, 5.74) is -0.830. The van der Waals surface area contributed by atoms with Crippen molar-refractivity contribution in [1.82, 2.24) is 0 Å². The summed E-state index contributed by atoms with van der Waals surface area (Å²) in [7, 11) is 0. The molecule has 0 saturated carbocycles. The molecule has 0 aromatic rings. The Labute approximate surface area is 180 Å². The van der Waals surface area contributed by atoms with Gasteiger partial charge in [0.15, 0.2) is 0 Å². The van der Waals surface area contributed by atoms with E-state index >= 15 is 0 Å². The first-order valence-corrected chi connectivity index (χ1v) is 10.8. The van der Waals surface area contributed by atoms with Crippen LogP contribution in [0.5, 0.6) is 0 Å². The van der Waals surface area contributed by atoms with Gasteiger partial charge in [-0.2, -0.15) is 0 Å². The van der Waals surface area contributed by atoms with E-state index in [0.29, 0.717) is 13.0 Å². The highest BCUT2D eigenvalue weighted by Crippen LogP contribution is 2.10. The zero-order valence-electron chi connectivity index (χ0n) is 18.3. The number of hydrogen-bond donors (Lipinski definition) is 2. The predicted molar refractivity (Wildman–Crippen MR) is 120 cm³/mol. The van der Waals surface area contributed by atoms with Crippen LogP contribution in [0, 0.1) is 10.1 Å². The minimum absolute atomic E-state index is 0.173. The van der Waals surface area contributed by atoms with Crippen LogP contribution in [0.4, 0.5) is 0 Å². The third-order valence-electron chi connectivity index (χ3n) is 4.33. The molecule has 0 fully saturated rings. The van der Waals surface area contributed by atoms with E-state index in [1.54, 1.807) is 6.92 Å². The summed E-state index contributed by atoms with van der Waals surface area (Å²) < 4.78 is 5.50. The molecule has 0 aromatic heterocycles. The molecule has 0 rings (SSSR count). The molecule has 7 nitrogen and oxygen atoms in total. The Morgan fingerprint density at radius 2 is 1.20 bits per heavy atom. The molecule has 0 aliphatic heterocycles. The van der Waals surface area contributed by atoms with Crippen LogP contribution in [0.15, 0.2) is 48.6 Å². The van der Waals surface area contributed by atoms with Gasteiger partial charge < -0.3 is 19.8 Å². The van der Waals surface area contributed by atoms with Crippen LogP contribution in [0.25, 0.3) is 0 Å². The highest BCUT2D eigenvalue weighted by molar-refractivity contribution is 4.99.